The number of thioether (sulfide) groups is 1. The van der Waals surface area contributed by atoms with Gasteiger partial charge < -0.3 is 10.2 Å². The Hall–Kier alpha value is -2.05. The second-order valence-electron chi connectivity index (χ2n) is 6.11. The second-order valence-corrected chi connectivity index (χ2v) is 7.59. The lowest BCUT2D eigenvalue weighted by Crippen LogP contribution is -2.42. The monoisotopic (exact) mass is 389 g/mol. The molecule has 5 nitrogen and oxygen atoms in total. The van der Waals surface area contributed by atoms with Gasteiger partial charge in [-0.05, 0) is 37.1 Å². The fourth-order valence-electron chi connectivity index (χ4n) is 2.82. The molecule has 3 rings (SSSR count). The van der Waals surface area contributed by atoms with Crippen LogP contribution in [0.5, 0.6) is 0 Å². The number of nitrogens with zero attached hydrogens (tertiary/aromatic N) is 2. The molecule has 2 heterocycles. The van der Waals surface area contributed by atoms with Gasteiger partial charge in [-0.3, -0.25) is 9.59 Å². The number of amides is 2. The molecule has 136 valence electrons. The van der Waals surface area contributed by atoms with Crippen molar-refractivity contribution in [2.45, 2.75) is 17.7 Å². The normalized spacial score (nSPS) is 14.9. The van der Waals surface area contributed by atoms with E-state index in [0.29, 0.717) is 42.5 Å². The van der Waals surface area contributed by atoms with E-state index in [1.165, 1.54) is 6.20 Å². The topological polar surface area (TPSA) is 62.3 Å². The highest BCUT2D eigenvalue weighted by Crippen LogP contribution is 2.22. The zero-order valence-electron chi connectivity index (χ0n) is 14.2. The molecule has 2 aromatic rings. The molecule has 26 heavy (non-hydrogen) atoms. The number of nitrogens with one attached hydrogen (secondary N) is 1. The summed E-state index contributed by atoms with van der Waals surface area (Å²) in [5.41, 5.74) is 0. The summed E-state index contributed by atoms with van der Waals surface area (Å²) >= 11 is 7.34. The first-order chi connectivity index (χ1) is 12.6. The molecule has 1 N–H and O–H groups in total. The van der Waals surface area contributed by atoms with E-state index in [9.17, 15) is 9.59 Å². The van der Waals surface area contributed by atoms with Crippen LogP contribution in [0.2, 0.25) is 5.02 Å². The van der Waals surface area contributed by atoms with Gasteiger partial charge in [-0.15, -0.1) is 11.8 Å². The maximum absolute atomic E-state index is 12.4. The van der Waals surface area contributed by atoms with Gasteiger partial charge in [0, 0.05) is 30.1 Å². The zero-order chi connectivity index (χ0) is 18.4. The Morgan fingerprint density at radius 3 is 2.54 bits per heavy atom. The molecule has 0 saturated carbocycles. The van der Waals surface area contributed by atoms with Crippen LogP contribution in [-0.2, 0) is 9.59 Å². The van der Waals surface area contributed by atoms with Crippen LogP contribution in [0.1, 0.15) is 12.8 Å². The van der Waals surface area contributed by atoms with Crippen molar-refractivity contribution in [3.05, 3.63) is 53.7 Å². The van der Waals surface area contributed by atoms with Crippen LogP contribution in [0.3, 0.4) is 0 Å². The fraction of sp³-hybridized carbons (Fsp3) is 0.316. The van der Waals surface area contributed by atoms with Gasteiger partial charge >= 0.3 is 0 Å². The standard InChI is InChI=1S/C19H20ClN3O2S/c20-15-6-7-17(21-12-15)22-19(25)14-8-10-23(11-9-14)18(24)13-26-16-4-2-1-3-5-16/h1-7,12,14H,8-11,13H2,(H,21,22,25). The maximum atomic E-state index is 12.4. The van der Waals surface area contributed by atoms with Crippen molar-refractivity contribution >= 4 is 41.0 Å². The first-order valence-corrected chi connectivity index (χ1v) is 9.86. The van der Waals surface area contributed by atoms with E-state index >= 15 is 0 Å². The summed E-state index contributed by atoms with van der Waals surface area (Å²) in [7, 11) is 0. The van der Waals surface area contributed by atoms with Crippen LogP contribution in [0.25, 0.3) is 0 Å². The predicted molar refractivity (Wildman–Crippen MR) is 104 cm³/mol. The number of carbonyl (C=O) groups excluding carboxylic acids is 2. The lowest BCUT2D eigenvalue weighted by molar-refractivity contribution is -0.132. The molecular weight excluding hydrogens is 370 g/mol. The summed E-state index contributed by atoms with van der Waals surface area (Å²) in [5, 5.41) is 3.34. The van der Waals surface area contributed by atoms with Gasteiger partial charge in [-0.2, -0.15) is 0 Å². The Bertz CT molecular complexity index is 747. The Kier molecular flexibility index (Phi) is 6.52. The summed E-state index contributed by atoms with van der Waals surface area (Å²) in [5.74, 6) is 0.897. The summed E-state index contributed by atoms with van der Waals surface area (Å²) in [4.78, 5) is 31.7. The van der Waals surface area contributed by atoms with E-state index in [-0.39, 0.29) is 17.7 Å². The van der Waals surface area contributed by atoms with E-state index in [0.717, 1.165) is 4.90 Å². The highest BCUT2D eigenvalue weighted by atomic mass is 35.5. The molecule has 7 heteroatoms. The third-order valence-corrected chi connectivity index (χ3v) is 5.52. The molecule has 1 aromatic heterocycles. The van der Waals surface area contributed by atoms with Crippen LogP contribution < -0.4 is 5.32 Å². The third kappa shape index (κ3) is 5.22. The largest absolute Gasteiger partial charge is 0.342 e. The number of carbonyl (C=O) groups is 2. The molecule has 1 saturated heterocycles. The van der Waals surface area contributed by atoms with E-state index in [4.69, 9.17) is 11.6 Å². The van der Waals surface area contributed by atoms with E-state index in [1.807, 2.05) is 35.2 Å². The molecule has 0 spiro atoms. The average molecular weight is 390 g/mol. The van der Waals surface area contributed by atoms with Crippen molar-refractivity contribution in [3.8, 4) is 0 Å². The number of benzene rings is 1. The summed E-state index contributed by atoms with van der Waals surface area (Å²) in [6.45, 7) is 1.22. The number of anilines is 1. The number of pyridine rings is 1. The molecular formula is C19H20ClN3O2S. The van der Waals surface area contributed by atoms with E-state index < -0.39 is 0 Å². The molecule has 0 atom stereocenters. The number of hydrogen-bond donors (Lipinski definition) is 1. The molecule has 2 amide bonds. The van der Waals surface area contributed by atoms with Crippen molar-refractivity contribution < 1.29 is 9.59 Å². The summed E-state index contributed by atoms with van der Waals surface area (Å²) in [6, 6.07) is 13.3. The van der Waals surface area contributed by atoms with Crippen LogP contribution in [-0.4, -0.2) is 40.5 Å². The van der Waals surface area contributed by atoms with Gasteiger partial charge in [0.05, 0.1) is 10.8 Å². The third-order valence-electron chi connectivity index (χ3n) is 4.30. The molecule has 1 aliphatic rings. The van der Waals surface area contributed by atoms with Crippen molar-refractivity contribution in [2.24, 2.45) is 5.92 Å². The predicted octanol–water partition coefficient (Wildman–Crippen LogP) is 3.70. The number of rotatable bonds is 5. The molecule has 0 radical (unpaired) electrons. The first kappa shape index (κ1) is 18.7. The Morgan fingerprint density at radius 2 is 1.88 bits per heavy atom. The lowest BCUT2D eigenvalue weighted by atomic mass is 9.96. The van der Waals surface area contributed by atoms with Crippen LogP contribution in [0.15, 0.2) is 53.6 Å². The van der Waals surface area contributed by atoms with Gasteiger partial charge in [-0.1, -0.05) is 29.8 Å². The number of likely N-dealkylation sites (tertiary alicyclic amines) is 1. The van der Waals surface area contributed by atoms with Crippen molar-refractivity contribution in [1.82, 2.24) is 9.88 Å². The minimum atomic E-state index is -0.0988. The molecule has 0 bridgehead atoms. The quantitative estimate of drug-likeness (QED) is 0.792. The summed E-state index contributed by atoms with van der Waals surface area (Å²) < 4.78 is 0. The second kappa shape index (κ2) is 9.05. The van der Waals surface area contributed by atoms with Crippen LogP contribution >= 0.6 is 23.4 Å². The molecule has 1 aromatic carbocycles. The smallest absolute Gasteiger partial charge is 0.232 e. The van der Waals surface area contributed by atoms with Crippen molar-refractivity contribution in [2.75, 3.05) is 24.2 Å². The van der Waals surface area contributed by atoms with Gasteiger partial charge in [0.25, 0.3) is 0 Å². The van der Waals surface area contributed by atoms with Crippen LogP contribution in [0.4, 0.5) is 5.82 Å². The lowest BCUT2D eigenvalue weighted by Gasteiger charge is -2.31. The number of hydrogen-bond acceptors (Lipinski definition) is 4. The SMILES string of the molecule is O=C(Nc1ccc(Cl)cn1)C1CCN(C(=O)CSc2ccccc2)CC1. The number of aromatic nitrogens is 1. The maximum Gasteiger partial charge on any atom is 0.232 e. The minimum absolute atomic E-state index is 0.0504. The van der Waals surface area contributed by atoms with Gasteiger partial charge in [0.15, 0.2) is 0 Å². The van der Waals surface area contributed by atoms with Crippen LogP contribution in [0, 0.1) is 5.92 Å². The molecule has 1 fully saturated rings. The first-order valence-electron chi connectivity index (χ1n) is 8.50. The highest BCUT2D eigenvalue weighted by Gasteiger charge is 2.27. The van der Waals surface area contributed by atoms with Gasteiger partial charge in [0.1, 0.15) is 5.82 Å². The average Bonchev–Trinajstić information content (AvgIpc) is 2.69. The van der Waals surface area contributed by atoms with Crippen molar-refractivity contribution in [1.29, 1.82) is 0 Å². The highest BCUT2D eigenvalue weighted by molar-refractivity contribution is 8.00. The van der Waals surface area contributed by atoms with Crippen molar-refractivity contribution in [3.63, 3.8) is 0 Å². The molecule has 0 aliphatic carbocycles. The molecule has 0 unspecified atom stereocenters. The number of piperidine rings is 1. The Balaban J connectivity index is 1.43. The van der Waals surface area contributed by atoms with E-state index in [1.54, 1.807) is 23.9 Å². The minimum Gasteiger partial charge on any atom is -0.342 e. The Labute approximate surface area is 162 Å². The fourth-order valence-corrected chi connectivity index (χ4v) is 3.76. The molecule has 1 aliphatic heterocycles. The van der Waals surface area contributed by atoms with Gasteiger partial charge in [0.2, 0.25) is 11.8 Å². The van der Waals surface area contributed by atoms with Gasteiger partial charge in [-0.25, -0.2) is 4.98 Å². The summed E-state index contributed by atoms with van der Waals surface area (Å²) in [6.07, 6.45) is 2.84. The zero-order valence-corrected chi connectivity index (χ0v) is 15.8. The number of halogens is 1. The Morgan fingerprint density at radius 1 is 1.15 bits per heavy atom. The van der Waals surface area contributed by atoms with E-state index in [2.05, 4.69) is 10.3 Å².